The van der Waals surface area contributed by atoms with E-state index in [4.69, 9.17) is 4.42 Å². The Labute approximate surface area is 157 Å². The molecule has 1 saturated heterocycles. The molecule has 3 aromatic rings. The first-order chi connectivity index (χ1) is 13.1. The van der Waals surface area contributed by atoms with Crippen molar-refractivity contribution in [3.63, 3.8) is 0 Å². The van der Waals surface area contributed by atoms with Crippen molar-refractivity contribution in [2.45, 2.75) is 32.1 Å². The molecular formula is C20H23N5O2. The van der Waals surface area contributed by atoms with Gasteiger partial charge in [0.25, 0.3) is 11.9 Å². The number of carbonyl (C=O) groups is 1. The van der Waals surface area contributed by atoms with E-state index in [0.29, 0.717) is 23.5 Å². The maximum atomic E-state index is 12.8. The molecule has 1 amide bonds. The number of nitrogens with one attached hydrogen (secondary N) is 1. The second kappa shape index (κ2) is 6.11. The van der Waals surface area contributed by atoms with E-state index in [1.807, 2.05) is 24.0 Å². The molecule has 140 valence electrons. The van der Waals surface area contributed by atoms with Crippen molar-refractivity contribution < 1.29 is 9.21 Å². The van der Waals surface area contributed by atoms with Gasteiger partial charge in [0.2, 0.25) is 0 Å². The number of aromatic nitrogens is 3. The summed E-state index contributed by atoms with van der Waals surface area (Å²) < 4.78 is 7.43. The third kappa shape index (κ3) is 2.97. The van der Waals surface area contributed by atoms with Gasteiger partial charge in [-0.25, -0.2) is 0 Å². The molecule has 7 nitrogen and oxygen atoms in total. The quantitative estimate of drug-likeness (QED) is 0.765. The first kappa shape index (κ1) is 16.4. The molecule has 2 aromatic heterocycles. The van der Waals surface area contributed by atoms with Crippen LogP contribution in [-0.4, -0.2) is 33.8 Å². The van der Waals surface area contributed by atoms with Crippen LogP contribution in [0.25, 0.3) is 10.9 Å². The highest BCUT2D eigenvalue weighted by Gasteiger charge is 2.28. The molecule has 27 heavy (non-hydrogen) atoms. The van der Waals surface area contributed by atoms with Crippen molar-refractivity contribution in [2.24, 2.45) is 13.0 Å². The van der Waals surface area contributed by atoms with Gasteiger partial charge >= 0.3 is 0 Å². The summed E-state index contributed by atoms with van der Waals surface area (Å²) in [5, 5.41) is 8.38. The zero-order chi connectivity index (χ0) is 18.5. The summed E-state index contributed by atoms with van der Waals surface area (Å²) in [5.74, 6) is 0.905. The largest absolute Gasteiger partial charge is 0.431 e. The molecule has 1 aromatic carbocycles. The predicted molar refractivity (Wildman–Crippen MR) is 103 cm³/mol. The molecule has 1 saturated carbocycles. The van der Waals surface area contributed by atoms with Crippen molar-refractivity contribution in [3.8, 4) is 0 Å². The molecular weight excluding hydrogens is 342 g/mol. The van der Waals surface area contributed by atoms with Gasteiger partial charge in [0.05, 0.1) is 11.7 Å². The Kier molecular flexibility index (Phi) is 3.70. The molecule has 0 radical (unpaired) electrons. The van der Waals surface area contributed by atoms with Gasteiger partial charge in [-0.1, -0.05) is 6.92 Å². The number of rotatable bonds is 4. The maximum Gasteiger partial charge on any atom is 0.297 e. The normalized spacial score (nSPS) is 19.8. The first-order valence-electron chi connectivity index (χ1n) is 9.56. The maximum absolute atomic E-state index is 12.8. The minimum atomic E-state index is -0.234. The molecule has 0 bridgehead atoms. The number of hydrogen-bond donors (Lipinski definition) is 1. The summed E-state index contributed by atoms with van der Waals surface area (Å²) >= 11 is 0. The Balaban J connectivity index is 1.41. The van der Waals surface area contributed by atoms with E-state index in [2.05, 4.69) is 33.3 Å². The molecule has 3 heterocycles. The van der Waals surface area contributed by atoms with Gasteiger partial charge in [-0.05, 0) is 48.8 Å². The fourth-order valence-electron chi connectivity index (χ4n) is 3.87. The minimum absolute atomic E-state index is 0.234. The Morgan fingerprint density at radius 2 is 2.15 bits per heavy atom. The van der Waals surface area contributed by atoms with E-state index in [1.165, 1.54) is 11.8 Å². The number of carbonyl (C=O) groups excluding carboxylic acids is 1. The predicted octanol–water partition coefficient (Wildman–Crippen LogP) is 3.54. The summed E-state index contributed by atoms with van der Waals surface area (Å²) in [5.41, 5.74) is 3.43. The van der Waals surface area contributed by atoms with Crippen LogP contribution >= 0.6 is 0 Å². The third-order valence-corrected chi connectivity index (χ3v) is 5.60. The fourth-order valence-corrected chi connectivity index (χ4v) is 3.87. The van der Waals surface area contributed by atoms with E-state index in [1.54, 1.807) is 0 Å². The first-order valence-corrected chi connectivity index (χ1v) is 9.56. The van der Waals surface area contributed by atoms with Crippen molar-refractivity contribution in [1.82, 2.24) is 14.8 Å². The van der Waals surface area contributed by atoms with Gasteiger partial charge < -0.3 is 14.6 Å². The van der Waals surface area contributed by atoms with Crippen LogP contribution in [0.1, 0.15) is 48.2 Å². The molecule has 5 rings (SSSR count). The molecule has 2 aliphatic rings. The number of anilines is 2. The molecule has 7 heteroatoms. The number of hydrogen-bond acceptors (Lipinski definition) is 5. The lowest BCUT2D eigenvalue weighted by Crippen LogP contribution is -2.20. The molecule has 1 N–H and O–H groups in total. The lowest BCUT2D eigenvalue weighted by molar-refractivity contribution is 0.102. The van der Waals surface area contributed by atoms with E-state index in [9.17, 15) is 4.79 Å². The number of fused-ring (bicyclic) bond motifs is 1. The van der Waals surface area contributed by atoms with Crippen molar-refractivity contribution >= 4 is 28.5 Å². The SMILES string of the molecule is CC1CCN(c2nc(C(=O)Nc3cc4cnn(C)c4cc3C3CC3)co2)C1. The lowest BCUT2D eigenvalue weighted by atomic mass is 10.1. The minimum Gasteiger partial charge on any atom is -0.431 e. The summed E-state index contributed by atoms with van der Waals surface area (Å²) in [6, 6.07) is 4.70. The van der Waals surface area contributed by atoms with Crippen molar-refractivity contribution in [1.29, 1.82) is 0 Å². The summed E-state index contributed by atoms with van der Waals surface area (Å²) in [6.07, 6.45) is 6.72. The second-order valence-corrected chi connectivity index (χ2v) is 7.85. The number of aryl methyl sites for hydroxylation is 1. The van der Waals surface area contributed by atoms with Gasteiger partial charge in [0.1, 0.15) is 6.26 Å². The van der Waals surface area contributed by atoms with Gasteiger partial charge in [-0.15, -0.1) is 0 Å². The van der Waals surface area contributed by atoms with Gasteiger partial charge in [0, 0.05) is 31.2 Å². The van der Waals surface area contributed by atoms with Gasteiger partial charge in [0.15, 0.2) is 5.69 Å². The van der Waals surface area contributed by atoms with Gasteiger partial charge in [-0.3, -0.25) is 9.48 Å². The van der Waals surface area contributed by atoms with E-state index < -0.39 is 0 Å². The monoisotopic (exact) mass is 365 g/mol. The average molecular weight is 365 g/mol. The lowest BCUT2D eigenvalue weighted by Gasteiger charge is -2.12. The number of benzene rings is 1. The highest BCUT2D eigenvalue weighted by molar-refractivity contribution is 6.04. The standard InChI is InChI=1S/C20H23N5O2/c1-12-5-6-25(10-12)20-23-17(11-27-20)19(26)22-16-7-14-9-21-24(2)18(14)8-15(16)13-3-4-13/h7-9,11-13H,3-6,10H2,1-2H3,(H,22,26). The highest BCUT2D eigenvalue weighted by atomic mass is 16.4. The van der Waals surface area contributed by atoms with E-state index in [-0.39, 0.29) is 5.91 Å². The Hall–Kier alpha value is -2.83. The van der Waals surface area contributed by atoms with Crippen LogP contribution in [-0.2, 0) is 7.05 Å². The third-order valence-electron chi connectivity index (χ3n) is 5.60. The topological polar surface area (TPSA) is 76.2 Å². The van der Waals surface area contributed by atoms with Crippen LogP contribution in [0.15, 0.2) is 29.0 Å². The number of oxazole rings is 1. The Morgan fingerprint density at radius 1 is 1.30 bits per heavy atom. The van der Waals surface area contributed by atoms with Crippen LogP contribution in [0.4, 0.5) is 11.7 Å². The smallest absolute Gasteiger partial charge is 0.297 e. The fraction of sp³-hybridized carbons (Fsp3) is 0.450. The zero-order valence-electron chi connectivity index (χ0n) is 15.6. The zero-order valence-corrected chi connectivity index (χ0v) is 15.6. The molecule has 1 aliphatic heterocycles. The van der Waals surface area contributed by atoms with Crippen molar-refractivity contribution in [3.05, 3.63) is 35.9 Å². The van der Waals surface area contributed by atoms with Crippen LogP contribution in [0.5, 0.6) is 0 Å². The number of nitrogens with zero attached hydrogens (tertiary/aromatic N) is 4. The molecule has 0 spiro atoms. The Bertz CT molecular complexity index is 1020. The van der Waals surface area contributed by atoms with E-state index >= 15 is 0 Å². The highest BCUT2D eigenvalue weighted by Crippen LogP contribution is 2.44. The molecule has 1 unspecified atom stereocenters. The second-order valence-electron chi connectivity index (χ2n) is 7.85. The Morgan fingerprint density at radius 3 is 2.89 bits per heavy atom. The molecule has 1 atom stereocenters. The molecule has 2 fully saturated rings. The van der Waals surface area contributed by atoms with Crippen molar-refractivity contribution in [2.75, 3.05) is 23.3 Å². The number of amides is 1. The van der Waals surface area contributed by atoms with E-state index in [0.717, 1.165) is 48.9 Å². The average Bonchev–Trinajstić information content (AvgIpc) is 3.04. The summed E-state index contributed by atoms with van der Waals surface area (Å²) in [6.45, 7) is 4.06. The summed E-state index contributed by atoms with van der Waals surface area (Å²) in [7, 11) is 1.94. The van der Waals surface area contributed by atoms with Crippen LogP contribution in [0.3, 0.4) is 0 Å². The van der Waals surface area contributed by atoms with Gasteiger partial charge in [-0.2, -0.15) is 10.1 Å². The summed E-state index contributed by atoms with van der Waals surface area (Å²) in [4.78, 5) is 19.3. The molecule has 1 aliphatic carbocycles. The van der Waals surface area contributed by atoms with Crippen LogP contribution in [0.2, 0.25) is 0 Å². The van der Waals surface area contributed by atoms with Crippen LogP contribution < -0.4 is 10.2 Å². The van der Waals surface area contributed by atoms with Crippen LogP contribution in [0, 0.1) is 5.92 Å².